The van der Waals surface area contributed by atoms with Gasteiger partial charge in [-0.05, 0) is 37.1 Å². The third-order valence-electron chi connectivity index (χ3n) is 5.48. The van der Waals surface area contributed by atoms with Crippen LogP contribution >= 0.6 is 0 Å². The molecule has 1 aromatic carbocycles. The van der Waals surface area contributed by atoms with Crippen molar-refractivity contribution in [1.82, 2.24) is 20.0 Å². The average molecular weight is 371 g/mol. The maximum absolute atomic E-state index is 13.2. The van der Waals surface area contributed by atoms with Crippen molar-refractivity contribution in [1.29, 1.82) is 0 Å². The molecule has 1 aliphatic carbocycles. The number of nitrogens with zero attached hydrogens (tertiary/aromatic N) is 3. The largest absolute Gasteiger partial charge is 0.332 e. The third kappa shape index (κ3) is 4.47. The van der Waals surface area contributed by atoms with Crippen LogP contribution in [-0.2, 0) is 19.6 Å². The van der Waals surface area contributed by atoms with Crippen LogP contribution in [0.5, 0.6) is 0 Å². The van der Waals surface area contributed by atoms with E-state index in [0.29, 0.717) is 18.3 Å². The summed E-state index contributed by atoms with van der Waals surface area (Å²) in [6, 6.07) is 8.27. The molecule has 0 saturated heterocycles. The molecule has 1 saturated carbocycles. The van der Waals surface area contributed by atoms with Gasteiger partial charge in [0.05, 0.1) is 24.5 Å². The van der Waals surface area contributed by atoms with E-state index in [9.17, 15) is 9.18 Å². The molecule has 1 aromatic heterocycles. The van der Waals surface area contributed by atoms with Gasteiger partial charge in [0, 0.05) is 24.8 Å². The number of nitrogens with one attached hydrogen (secondary N) is 2. The van der Waals surface area contributed by atoms with Crippen molar-refractivity contribution in [2.45, 2.75) is 57.8 Å². The average Bonchev–Trinajstić information content (AvgIpc) is 3.09. The van der Waals surface area contributed by atoms with Crippen LogP contribution in [0.4, 0.5) is 14.9 Å². The highest BCUT2D eigenvalue weighted by molar-refractivity contribution is 5.89. The van der Waals surface area contributed by atoms with Gasteiger partial charge < -0.3 is 10.6 Å². The van der Waals surface area contributed by atoms with Gasteiger partial charge in [-0.1, -0.05) is 25.3 Å². The Labute approximate surface area is 158 Å². The highest BCUT2D eigenvalue weighted by Crippen LogP contribution is 2.26. The second kappa shape index (κ2) is 8.08. The predicted molar refractivity (Wildman–Crippen MR) is 102 cm³/mol. The van der Waals surface area contributed by atoms with Crippen molar-refractivity contribution in [2.24, 2.45) is 0 Å². The Morgan fingerprint density at radius 2 is 2.04 bits per heavy atom. The van der Waals surface area contributed by atoms with Crippen LogP contribution in [-0.4, -0.2) is 33.3 Å². The SMILES string of the molecule is O=C(NCc1cc2n(n1)CCN(C1CCCCC1)C2)Nc1cccc(F)c1. The number of anilines is 1. The first-order chi connectivity index (χ1) is 13.2. The maximum Gasteiger partial charge on any atom is 0.319 e. The van der Waals surface area contributed by atoms with Crippen LogP contribution in [0.25, 0.3) is 0 Å². The van der Waals surface area contributed by atoms with Crippen molar-refractivity contribution in [3.05, 3.63) is 47.5 Å². The van der Waals surface area contributed by atoms with Gasteiger partial charge in [-0.3, -0.25) is 9.58 Å². The Morgan fingerprint density at radius 1 is 1.19 bits per heavy atom. The second-order valence-corrected chi connectivity index (χ2v) is 7.43. The number of amides is 2. The molecule has 2 aromatic rings. The Hall–Kier alpha value is -2.41. The molecule has 2 amide bonds. The minimum absolute atomic E-state index is 0.352. The summed E-state index contributed by atoms with van der Waals surface area (Å²) in [5, 5.41) is 10.0. The molecule has 0 bridgehead atoms. The molecule has 144 valence electrons. The van der Waals surface area contributed by atoms with Gasteiger partial charge in [0.15, 0.2) is 0 Å². The van der Waals surface area contributed by atoms with Gasteiger partial charge in [0.25, 0.3) is 0 Å². The lowest BCUT2D eigenvalue weighted by molar-refractivity contribution is 0.119. The number of hydrogen-bond donors (Lipinski definition) is 2. The first-order valence-electron chi connectivity index (χ1n) is 9.77. The van der Waals surface area contributed by atoms with E-state index < -0.39 is 0 Å². The summed E-state index contributed by atoms with van der Waals surface area (Å²) in [4.78, 5) is 14.6. The van der Waals surface area contributed by atoms with Gasteiger partial charge in [-0.15, -0.1) is 0 Å². The number of urea groups is 1. The Kier molecular flexibility index (Phi) is 5.38. The Morgan fingerprint density at radius 3 is 2.85 bits per heavy atom. The first-order valence-corrected chi connectivity index (χ1v) is 9.77. The Bertz CT molecular complexity index is 799. The highest BCUT2D eigenvalue weighted by atomic mass is 19.1. The van der Waals surface area contributed by atoms with Crippen LogP contribution in [0.1, 0.15) is 43.5 Å². The quantitative estimate of drug-likeness (QED) is 0.865. The molecule has 2 heterocycles. The summed E-state index contributed by atoms with van der Waals surface area (Å²) in [7, 11) is 0. The number of fused-ring (bicyclic) bond motifs is 1. The van der Waals surface area contributed by atoms with E-state index in [4.69, 9.17) is 0 Å². The monoisotopic (exact) mass is 371 g/mol. The van der Waals surface area contributed by atoms with E-state index in [1.165, 1.54) is 49.9 Å². The van der Waals surface area contributed by atoms with Crippen LogP contribution in [0, 0.1) is 5.82 Å². The molecule has 1 aliphatic heterocycles. The van der Waals surface area contributed by atoms with E-state index in [-0.39, 0.29) is 11.8 Å². The Balaban J connectivity index is 1.31. The van der Waals surface area contributed by atoms with E-state index in [1.54, 1.807) is 12.1 Å². The number of hydrogen-bond acceptors (Lipinski definition) is 3. The smallest absolute Gasteiger partial charge is 0.319 e. The zero-order valence-electron chi connectivity index (χ0n) is 15.5. The third-order valence-corrected chi connectivity index (χ3v) is 5.48. The fourth-order valence-corrected chi connectivity index (χ4v) is 4.10. The van der Waals surface area contributed by atoms with Crippen molar-refractivity contribution < 1.29 is 9.18 Å². The van der Waals surface area contributed by atoms with Crippen LogP contribution in [0.3, 0.4) is 0 Å². The lowest BCUT2D eigenvalue weighted by Gasteiger charge is -2.36. The summed E-state index contributed by atoms with van der Waals surface area (Å²) in [5.41, 5.74) is 2.50. The van der Waals surface area contributed by atoms with Crippen molar-refractivity contribution in [3.63, 3.8) is 0 Å². The second-order valence-electron chi connectivity index (χ2n) is 7.43. The van der Waals surface area contributed by atoms with Crippen LogP contribution < -0.4 is 10.6 Å². The number of benzene rings is 1. The van der Waals surface area contributed by atoms with Crippen molar-refractivity contribution in [3.8, 4) is 0 Å². The number of halogens is 1. The number of carbonyl (C=O) groups excluding carboxylic acids is 1. The van der Waals surface area contributed by atoms with Crippen LogP contribution in [0.2, 0.25) is 0 Å². The minimum Gasteiger partial charge on any atom is -0.332 e. The molecule has 0 radical (unpaired) electrons. The van der Waals surface area contributed by atoms with Gasteiger partial charge >= 0.3 is 6.03 Å². The summed E-state index contributed by atoms with van der Waals surface area (Å²) >= 11 is 0. The summed E-state index contributed by atoms with van der Waals surface area (Å²) in [5.74, 6) is -0.378. The number of rotatable bonds is 4. The van der Waals surface area contributed by atoms with Gasteiger partial charge in [-0.25, -0.2) is 9.18 Å². The van der Waals surface area contributed by atoms with Crippen molar-refractivity contribution in [2.75, 3.05) is 11.9 Å². The topological polar surface area (TPSA) is 62.2 Å². The molecule has 7 heteroatoms. The molecule has 0 unspecified atom stereocenters. The standard InChI is InChI=1S/C20H26FN5O/c21-15-5-4-6-16(11-15)23-20(27)22-13-17-12-19-14-25(9-10-26(19)24-17)18-7-2-1-3-8-18/h4-6,11-12,18H,1-3,7-10,13-14H2,(H2,22,23,27). The zero-order valence-corrected chi connectivity index (χ0v) is 15.5. The lowest BCUT2D eigenvalue weighted by Crippen LogP contribution is -2.42. The summed E-state index contributed by atoms with van der Waals surface area (Å²) < 4.78 is 15.2. The summed E-state index contributed by atoms with van der Waals surface area (Å²) in [6.07, 6.45) is 6.67. The molecule has 2 aliphatic rings. The van der Waals surface area contributed by atoms with Gasteiger partial charge in [0.1, 0.15) is 5.82 Å². The van der Waals surface area contributed by atoms with Gasteiger partial charge in [0.2, 0.25) is 0 Å². The molecule has 27 heavy (non-hydrogen) atoms. The normalized spacial score (nSPS) is 18.1. The van der Waals surface area contributed by atoms with E-state index >= 15 is 0 Å². The molecular weight excluding hydrogens is 345 g/mol. The van der Waals surface area contributed by atoms with E-state index in [1.807, 2.05) is 0 Å². The van der Waals surface area contributed by atoms with Crippen molar-refractivity contribution >= 4 is 11.7 Å². The molecule has 6 nitrogen and oxygen atoms in total. The van der Waals surface area contributed by atoms with E-state index in [2.05, 4.69) is 31.4 Å². The molecule has 4 rings (SSSR count). The number of carbonyl (C=O) groups is 1. The lowest BCUT2D eigenvalue weighted by atomic mass is 9.94. The molecular formula is C20H26FN5O. The fraction of sp³-hybridized carbons (Fsp3) is 0.500. The van der Waals surface area contributed by atoms with E-state index in [0.717, 1.165) is 25.3 Å². The molecule has 0 spiro atoms. The maximum atomic E-state index is 13.2. The highest BCUT2D eigenvalue weighted by Gasteiger charge is 2.25. The molecule has 1 fully saturated rings. The molecule has 0 atom stereocenters. The zero-order chi connectivity index (χ0) is 18.6. The molecule has 2 N–H and O–H groups in total. The minimum atomic E-state index is -0.378. The first kappa shape index (κ1) is 18.0. The predicted octanol–water partition coefficient (Wildman–Crippen LogP) is 3.49. The van der Waals surface area contributed by atoms with Crippen LogP contribution in [0.15, 0.2) is 30.3 Å². The fourth-order valence-electron chi connectivity index (χ4n) is 4.10. The van der Waals surface area contributed by atoms with Gasteiger partial charge in [-0.2, -0.15) is 5.10 Å². The summed E-state index contributed by atoms with van der Waals surface area (Å²) in [6.45, 7) is 3.24. The number of aromatic nitrogens is 2.